The maximum atomic E-state index is 11.8. The number of hydrogen-bond donors (Lipinski definition) is 2. The van der Waals surface area contributed by atoms with Crippen LogP contribution >= 0.6 is 0 Å². The van der Waals surface area contributed by atoms with E-state index in [4.69, 9.17) is 0 Å². The zero-order valence-corrected chi connectivity index (χ0v) is 8.07. The lowest BCUT2D eigenvalue weighted by Gasteiger charge is -2.22. The van der Waals surface area contributed by atoms with E-state index in [0.29, 0.717) is 0 Å². The van der Waals surface area contributed by atoms with Crippen LogP contribution in [0.25, 0.3) is 0 Å². The average Bonchev–Trinajstić information content (AvgIpc) is 1.78. The van der Waals surface area contributed by atoms with Gasteiger partial charge in [0.1, 0.15) is 0 Å². The first kappa shape index (κ1) is 12.7. The predicted octanol–water partition coefficient (Wildman–Crippen LogP) is 1.69. The Hall–Kier alpha value is -0.290. The molecule has 0 rings (SSSR count). The van der Waals surface area contributed by atoms with Gasteiger partial charge in [0.2, 0.25) is 0 Å². The molecule has 0 aromatic carbocycles. The van der Waals surface area contributed by atoms with Gasteiger partial charge in [-0.15, -0.1) is 0 Å². The van der Waals surface area contributed by atoms with Gasteiger partial charge in [0.15, 0.2) is 0 Å². The maximum Gasteiger partial charge on any atom is 0.390 e. The van der Waals surface area contributed by atoms with E-state index in [9.17, 15) is 18.3 Å². The zero-order chi connectivity index (χ0) is 10.7. The van der Waals surface area contributed by atoms with Crippen molar-refractivity contribution < 1.29 is 18.3 Å². The summed E-state index contributed by atoms with van der Waals surface area (Å²) in [4.78, 5) is 0. The fraction of sp³-hybridized carbons (Fsp3) is 1.00. The number of rotatable bonds is 4. The van der Waals surface area contributed by atoms with Gasteiger partial charge in [-0.3, -0.25) is 0 Å². The average molecular weight is 199 g/mol. The van der Waals surface area contributed by atoms with Gasteiger partial charge >= 0.3 is 6.18 Å². The van der Waals surface area contributed by atoms with Crippen LogP contribution in [0.2, 0.25) is 0 Å². The minimum absolute atomic E-state index is 0.157. The van der Waals surface area contributed by atoms with Crippen molar-refractivity contribution in [1.29, 1.82) is 0 Å². The SMILES string of the molecule is CC(CC(F)(F)F)NCC(C)(C)O. The topological polar surface area (TPSA) is 32.3 Å². The molecule has 80 valence electrons. The van der Waals surface area contributed by atoms with Gasteiger partial charge in [-0.05, 0) is 20.8 Å². The third-order valence-corrected chi connectivity index (χ3v) is 1.42. The van der Waals surface area contributed by atoms with E-state index in [2.05, 4.69) is 5.32 Å². The van der Waals surface area contributed by atoms with Crippen molar-refractivity contribution in [2.24, 2.45) is 0 Å². The maximum absolute atomic E-state index is 11.8. The lowest BCUT2D eigenvalue weighted by atomic mass is 10.1. The molecule has 0 aromatic heterocycles. The Kier molecular flexibility index (Phi) is 4.19. The summed E-state index contributed by atoms with van der Waals surface area (Å²) in [5.74, 6) is 0. The van der Waals surface area contributed by atoms with Crippen molar-refractivity contribution in [2.45, 2.75) is 45.0 Å². The molecule has 0 aliphatic rings. The summed E-state index contributed by atoms with van der Waals surface area (Å²) in [6.07, 6.45) is -5.02. The molecule has 0 aliphatic heterocycles. The number of hydrogen-bond acceptors (Lipinski definition) is 2. The lowest BCUT2D eigenvalue weighted by Crippen LogP contribution is -2.41. The molecule has 0 radical (unpaired) electrons. The van der Waals surface area contributed by atoms with Crippen molar-refractivity contribution in [3.05, 3.63) is 0 Å². The molecular formula is C8H16F3NO. The molecule has 0 heterocycles. The fourth-order valence-electron chi connectivity index (χ4n) is 0.843. The Morgan fingerprint density at radius 1 is 1.31 bits per heavy atom. The first-order valence-electron chi connectivity index (χ1n) is 4.13. The molecule has 0 bridgehead atoms. The molecule has 0 saturated carbocycles. The highest BCUT2D eigenvalue weighted by Crippen LogP contribution is 2.21. The standard InChI is InChI=1S/C8H16F3NO/c1-6(4-8(9,10)11)12-5-7(2,3)13/h6,12-13H,4-5H2,1-3H3. The number of alkyl halides is 3. The molecular weight excluding hydrogens is 183 g/mol. The molecule has 13 heavy (non-hydrogen) atoms. The van der Waals surface area contributed by atoms with Crippen LogP contribution in [-0.2, 0) is 0 Å². The summed E-state index contributed by atoms with van der Waals surface area (Å²) in [6.45, 7) is 4.68. The highest BCUT2D eigenvalue weighted by Gasteiger charge is 2.30. The highest BCUT2D eigenvalue weighted by molar-refractivity contribution is 4.73. The van der Waals surface area contributed by atoms with Crippen LogP contribution in [0, 0.1) is 0 Å². The minimum Gasteiger partial charge on any atom is -0.389 e. The largest absolute Gasteiger partial charge is 0.390 e. The Bertz CT molecular complexity index is 150. The molecule has 0 spiro atoms. The van der Waals surface area contributed by atoms with Crippen LogP contribution < -0.4 is 5.32 Å². The second-order valence-electron chi connectivity index (χ2n) is 3.91. The van der Waals surface area contributed by atoms with E-state index in [1.165, 1.54) is 6.92 Å². The summed E-state index contributed by atoms with van der Waals surface area (Å²) in [5, 5.41) is 11.8. The van der Waals surface area contributed by atoms with Crippen LogP contribution in [0.15, 0.2) is 0 Å². The molecule has 2 N–H and O–H groups in total. The quantitative estimate of drug-likeness (QED) is 0.722. The molecule has 5 heteroatoms. The van der Waals surface area contributed by atoms with Crippen LogP contribution in [0.5, 0.6) is 0 Å². The molecule has 1 atom stereocenters. The van der Waals surface area contributed by atoms with Crippen molar-refractivity contribution in [3.63, 3.8) is 0 Å². The van der Waals surface area contributed by atoms with E-state index in [1.54, 1.807) is 13.8 Å². The molecule has 0 amide bonds. The van der Waals surface area contributed by atoms with E-state index >= 15 is 0 Å². The number of nitrogens with one attached hydrogen (secondary N) is 1. The Morgan fingerprint density at radius 3 is 2.08 bits per heavy atom. The van der Waals surface area contributed by atoms with Crippen molar-refractivity contribution >= 4 is 0 Å². The van der Waals surface area contributed by atoms with Crippen LogP contribution in [-0.4, -0.2) is 29.5 Å². The number of aliphatic hydroxyl groups is 1. The number of halogens is 3. The highest BCUT2D eigenvalue weighted by atomic mass is 19.4. The van der Waals surface area contributed by atoms with Crippen molar-refractivity contribution in [1.82, 2.24) is 5.32 Å². The van der Waals surface area contributed by atoms with E-state index < -0.39 is 24.2 Å². The molecule has 0 fully saturated rings. The second-order valence-corrected chi connectivity index (χ2v) is 3.91. The van der Waals surface area contributed by atoms with Crippen molar-refractivity contribution in [3.8, 4) is 0 Å². The predicted molar refractivity (Wildman–Crippen MR) is 44.4 cm³/mol. The van der Waals surface area contributed by atoms with Gasteiger partial charge in [0, 0.05) is 12.6 Å². The Labute approximate surface area is 76.1 Å². The van der Waals surface area contributed by atoms with E-state index in [1.807, 2.05) is 0 Å². The van der Waals surface area contributed by atoms with Crippen LogP contribution in [0.3, 0.4) is 0 Å². The monoisotopic (exact) mass is 199 g/mol. The Morgan fingerprint density at radius 2 is 1.77 bits per heavy atom. The van der Waals surface area contributed by atoms with Crippen LogP contribution in [0.1, 0.15) is 27.2 Å². The lowest BCUT2D eigenvalue weighted by molar-refractivity contribution is -0.139. The fourth-order valence-corrected chi connectivity index (χ4v) is 0.843. The van der Waals surface area contributed by atoms with Gasteiger partial charge in [0.25, 0.3) is 0 Å². The smallest absolute Gasteiger partial charge is 0.389 e. The summed E-state index contributed by atoms with van der Waals surface area (Å²) in [7, 11) is 0. The molecule has 0 aromatic rings. The van der Waals surface area contributed by atoms with Gasteiger partial charge in [-0.1, -0.05) is 0 Å². The molecule has 2 nitrogen and oxygen atoms in total. The second kappa shape index (κ2) is 4.28. The van der Waals surface area contributed by atoms with Crippen LogP contribution in [0.4, 0.5) is 13.2 Å². The zero-order valence-electron chi connectivity index (χ0n) is 8.07. The van der Waals surface area contributed by atoms with E-state index in [0.717, 1.165) is 0 Å². The molecule has 0 saturated heterocycles. The van der Waals surface area contributed by atoms with E-state index in [-0.39, 0.29) is 6.54 Å². The first-order valence-corrected chi connectivity index (χ1v) is 4.13. The minimum atomic E-state index is -4.15. The van der Waals surface area contributed by atoms with Crippen molar-refractivity contribution in [2.75, 3.05) is 6.54 Å². The first-order chi connectivity index (χ1) is 5.60. The summed E-state index contributed by atoms with van der Waals surface area (Å²) in [6, 6.07) is -0.661. The summed E-state index contributed by atoms with van der Waals surface area (Å²) >= 11 is 0. The van der Waals surface area contributed by atoms with Gasteiger partial charge in [-0.25, -0.2) is 0 Å². The summed E-state index contributed by atoms with van der Waals surface area (Å²) in [5.41, 5.74) is -0.972. The third-order valence-electron chi connectivity index (χ3n) is 1.42. The molecule has 1 unspecified atom stereocenters. The van der Waals surface area contributed by atoms with Gasteiger partial charge < -0.3 is 10.4 Å². The van der Waals surface area contributed by atoms with Gasteiger partial charge in [-0.2, -0.15) is 13.2 Å². The van der Waals surface area contributed by atoms with Gasteiger partial charge in [0.05, 0.1) is 12.0 Å². The Balaban J connectivity index is 3.70. The normalized spacial score (nSPS) is 15.9. The molecule has 0 aliphatic carbocycles. The third kappa shape index (κ3) is 9.63. The summed E-state index contributed by atoms with van der Waals surface area (Å²) < 4.78 is 35.5.